The van der Waals surface area contributed by atoms with E-state index in [9.17, 15) is 0 Å². The second-order valence-electron chi connectivity index (χ2n) is 4.92. The summed E-state index contributed by atoms with van der Waals surface area (Å²) in [5, 5.41) is 3.37. The van der Waals surface area contributed by atoms with E-state index in [1.54, 1.807) is 0 Å². The van der Waals surface area contributed by atoms with Crippen LogP contribution in [-0.2, 0) is 0 Å². The van der Waals surface area contributed by atoms with Gasteiger partial charge in [0.2, 0.25) is 0 Å². The van der Waals surface area contributed by atoms with Crippen molar-refractivity contribution < 1.29 is 9.47 Å². The van der Waals surface area contributed by atoms with Crippen LogP contribution in [0.3, 0.4) is 0 Å². The quantitative estimate of drug-likeness (QED) is 0.928. The molecular formula is C16H18N2O2. The Kier molecular flexibility index (Phi) is 3.37. The van der Waals surface area contributed by atoms with Gasteiger partial charge in [-0.3, -0.25) is 0 Å². The molecular weight excluding hydrogens is 252 g/mol. The Balaban J connectivity index is 1.77. The molecule has 3 rings (SSSR count). The summed E-state index contributed by atoms with van der Waals surface area (Å²) < 4.78 is 11.1. The van der Waals surface area contributed by atoms with Crippen LogP contribution in [-0.4, -0.2) is 27.3 Å². The van der Waals surface area contributed by atoms with Crippen molar-refractivity contribution in [3.63, 3.8) is 0 Å². The van der Waals surface area contributed by atoms with Crippen LogP contribution in [0.15, 0.2) is 42.5 Å². The largest absolute Gasteiger partial charge is 0.486 e. The molecule has 2 aromatic rings. The Hall–Kier alpha value is -2.36. The number of nitrogens with zero attached hydrogens (tertiary/aromatic N) is 1. The summed E-state index contributed by atoms with van der Waals surface area (Å²) in [7, 11) is 4.06. The van der Waals surface area contributed by atoms with Gasteiger partial charge in [0, 0.05) is 37.2 Å². The van der Waals surface area contributed by atoms with Gasteiger partial charge in [-0.05, 0) is 36.4 Å². The standard InChI is InChI=1S/C16H18N2O2/c1-18(2)14-6-3-12(4-7-14)17-13-5-8-15-16(11-13)20-10-9-19-15/h3-8,11,17H,9-10H2,1-2H3. The van der Waals surface area contributed by atoms with Gasteiger partial charge in [-0.15, -0.1) is 0 Å². The SMILES string of the molecule is CN(C)c1ccc(Nc2ccc3c(c2)OCCO3)cc1. The molecule has 1 heterocycles. The zero-order chi connectivity index (χ0) is 13.9. The second kappa shape index (κ2) is 5.33. The maximum absolute atomic E-state index is 5.58. The molecule has 0 aliphatic carbocycles. The van der Waals surface area contributed by atoms with Crippen LogP contribution in [0.1, 0.15) is 0 Å². The van der Waals surface area contributed by atoms with Crippen LogP contribution in [0.4, 0.5) is 17.1 Å². The van der Waals surface area contributed by atoms with Crippen molar-refractivity contribution in [3.8, 4) is 11.5 Å². The molecule has 0 bridgehead atoms. The van der Waals surface area contributed by atoms with Crippen molar-refractivity contribution in [2.24, 2.45) is 0 Å². The van der Waals surface area contributed by atoms with Crippen LogP contribution in [0.25, 0.3) is 0 Å². The smallest absolute Gasteiger partial charge is 0.163 e. The van der Waals surface area contributed by atoms with E-state index in [1.807, 2.05) is 32.3 Å². The summed E-state index contributed by atoms with van der Waals surface area (Å²) in [5.41, 5.74) is 3.22. The van der Waals surface area contributed by atoms with Gasteiger partial charge in [0.15, 0.2) is 11.5 Å². The number of anilines is 3. The first-order chi connectivity index (χ1) is 9.72. The fourth-order valence-electron chi connectivity index (χ4n) is 2.13. The highest BCUT2D eigenvalue weighted by molar-refractivity contribution is 5.65. The van der Waals surface area contributed by atoms with Gasteiger partial charge >= 0.3 is 0 Å². The lowest BCUT2D eigenvalue weighted by Crippen LogP contribution is -2.15. The summed E-state index contributed by atoms with van der Waals surface area (Å²) in [5.74, 6) is 1.61. The molecule has 4 heteroatoms. The normalized spacial score (nSPS) is 12.9. The minimum absolute atomic E-state index is 0.605. The molecule has 0 fully saturated rings. The van der Waals surface area contributed by atoms with Crippen LogP contribution >= 0.6 is 0 Å². The zero-order valence-corrected chi connectivity index (χ0v) is 11.7. The maximum atomic E-state index is 5.58. The Labute approximate surface area is 118 Å². The van der Waals surface area contributed by atoms with Crippen molar-refractivity contribution in [2.75, 3.05) is 37.5 Å². The number of fused-ring (bicyclic) bond motifs is 1. The van der Waals surface area contributed by atoms with Crippen molar-refractivity contribution in [2.45, 2.75) is 0 Å². The lowest BCUT2D eigenvalue weighted by Gasteiger charge is -2.19. The van der Waals surface area contributed by atoms with Crippen molar-refractivity contribution >= 4 is 17.1 Å². The van der Waals surface area contributed by atoms with Gasteiger partial charge < -0.3 is 19.7 Å². The first kappa shape index (κ1) is 12.7. The molecule has 0 amide bonds. The number of hydrogen-bond donors (Lipinski definition) is 1. The molecule has 0 saturated heterocycles. The average Bonchev–Trinajstić information content (AvgIpc) is 2.48. The minimum atomic E-state index is 0.605. The molecule has 2 aromatic carbocycles. The highest BCUT2D eigenvalue weighted by Crippen LogP contribution is 2.33. The van der Waals surface area contributed by atoms with Crippen LogP contribution in [0.2, 0.25) is 0 Å². The topological polar surface area (TPSA) is 33.7 Å². The zero-order valence-electron chi connectivity index (χ0n) is 11.7. The molecule has 0 unspecified atom stereocenters. The Morgan fingerprint density at radius 2 is 1.50 bits per heavy atom. The van der Waals surface area contributed by atoms with E-state index in [1.165, 1.54) is 5.69 Å². The van der Waals surface area contributed by atoms with Gasteiger partial charge in [-0.2, -0.15) is 0 Å². The van der Waals surface area contributed by atoms with E-state index in [-0.39, 0.29) is 0 Å². The lowest BCUT2D eigenvalue weighted by molar-refractivity contribution is 0.171. The van der Waals surface area contributed by atoms with Gasteiger partial charge in [0.05, 0.1) is 0 Å². The molecule has 1 aliphatic rings. The van der Waals surface area contributed by atoms with E-state index in [0.29, 0.717) is 13.2 Å². The molecule has 1 N–H and O–H groups in total. The molecule has 0 radical (unpaired) electrons. The molecule has 0 spiro atoms. The van der Waals surface area contributed by atoms with Gasteiger partial charge in [-0.25, -0.2) is 0 Å². The van der Waals surface area contributed by atoms with E-state index in [0.717, 1.165) is 22.9 Å². The molecule has 0 atom stereocenters. The highest BCUT2D eigenvalue weighted by atomic mass is 16.6. The van der Waals surface area contributed by atoms with Crippen LogP contribution < -0.4 is 19.7 Å². The van der Waals surface area contributed by atoms with Crippen molar-refractivity contribution in [3.05, 3.63) is 42.5 Å². The monoisotopic (exact) mass is 270 g/mol. The van der Waals surface area contributed by atoms with E-state index in [4.69, 9.17) is 9.47 Å². The van der Waals surface area contributed by atoms with Crippen molar-refractivity contribution in [1.29, 1.82) is 0 Å². The Morgan fingerprint density at radius 3 is 2.20 bits per heavy atom. The van der Waals surface area contributed by atoms with E-state index >= 15 is 0 Å². The molecule has 1 aliphatic heterocycles. The number of nitrogens with one attached hydrogen (secondary N) is 1. The fraction of sp³-hybridized carbons (Fsp3) is 0.250. The first-order valence-electron chi connectivity index (χ1n) is 6.66. The Morgan fingerprint density at radius 1 is 0.850 bits per heavy atom. The molecule has 20 heavy (non-hydrogen) atoms. The number of rotatable bonds is 3. The van der Waals surface area contributed by atoms with Crippen LogP contribution in [0, 0.1) is 0 Å². The fourth-order valence-corrected chi connectivity index (χ4v) is 2.13. The summed E-state index contributed by atoms with van der Waals surface area (Å²) in [6.07, 6.45) is 0. The predicted molar refractivity (Wildman–Crippen MR) is 81.5 cm³/mol. The minimum Gasteiger partial charge on any atom is -0.486 e. The number of ether oxygens (including phenoxy) is 2. The molecule has 0 saturated carbocycles. The molecule has 4 nitrogen and oxygen atoms in total. The average molecular weight is 270 g/mol. The third-order valence-electron chi connectivity index (χ3n) is 3.21. The summed E-state index contributed by atoms with van der Waals surface area (Å²) in [4.78, 5) is 2.08. The molecule has 0 aromatic heterocycles. The van der Waals surface area contributed by atoms with Gasteiger partial charge in [0.25, 0.3) is 0 Å². The lowest BCUT2D eigenvalue weighted by atomic mass is 10.2. The first-order valence-corrected chi connectivity index (χ1v) is 6.66. The van der Waals surface area contributed by atoms with E-state index < -0.39 is 0 Å². The van der Waals surface area contributed by atoms with Gasteiger partial charge in [0.1, 0.15) is 13.2 Å². The maximum Gasteiger partial charge on any atom is 0.163 e. The molecule has 104 valence electrons. The van der Waals surface area contributed by atoms with E-state index in [2.05, 4.69) is 34.5 Å². The van der Waals surface area contributed by atoms with Crippen molar-refractivity contribution in [1.82, 2.24) is 0 Å². The summed E-state index contributed by atoms with van der Waals surface area (Å²) in [6.45, 7) is 1.22. The Bertz CT molecular complexity index is 594. The third kappa shape index (κ3) is 2.64. The summed E-state index contributed by atoms with van der Waals surface area (Å²) in [6, 6.07) is 14.2. The third-order valence-corrected chi connectivity index (χ3v) is 3.21. The number of benzene rings is 2. The van der Waals surface area contributed by atoms with Gasteiger partial charge in [-0.1, -0.05) is 0 Å². The van der Waals surface area contributed by atoms with Crippen LogP contribution in [0.5, 0.6) is 11.5 Å². The highest BCUT2D eigenvalue weighted by Gasteiger charge is 2.11. The second-order valence-corrected chi connectivity index (χ2v) is 4.92. The predicted octanol–water partition coefficient (Wildman–Crippen LogP) is 3.27. The summed E-state index contributed by atoms with van der Waals surface area (Å²) >= 11 is 0. The number of hydrogen-bond acceptors (Lipinski definition) is 4.